The minimum absolute atomic E-state index is 0. The van der Waals surface area contributed by atoms with Crippen molar-refractivity contribution >= 4 is 128 Å². The van der Waals surface area contributed by atoms with Crippen LogP contribution in [-0.2, 0) is 68.2 Å². The van der Waals surface area contributed by atoms with Crippen LogP contribution in [0.15, 0.2) is 97.1 Å². The Morgan fingerprint density at radius 1 is 0.338 bits per heavy atom. The summed E-state index contributed by atoms with van der Waals surface area (Å²) in [6.45, 7) is 0. The molecule has 2 aliphatic heterocycles. The number of H-pyrrole nitrogens is 2. The van der Waals surface area contributed by atoms with E-state index in [-0.39, 0.29) is 16.5 Å². The maximum absolute atomic E-state index is 9.52. The summed E-state index contributed by atoms with van der Waals surface area (Å²) < 4.78 is 142. The van der Waals surface area contributed by atoms with Gasteiger partial charge in [0.15, 0.2) is 23.3 Å². The van der Waals surface area contributed by atoms with Gasteiger partial charge in [0.25, 0.3) is 0 Å². The van der Waals surface area contributed by atoms with Gasteiger partial charge in [0.2, 0.25) is 27.5 Å². The molecule has 0 spiro atoms. The second-order valence-corrected chi connectivity index (χ2v) is 29.9. The van der Waals surface area contributed by atoms with Gasteiger partial charge in [0.1, 0.15) is 22.6 Å². The van der Waals surface area contributed by atoms with Crippen molar-refractivity contribution in [1.29, 1.82) is 0 Å². The molecule has 0 saturated carbocycles. The zero-order chi connectivity index (χ0) is 47.2. The number of hydrogen-bond acceptors (Lipinski definition) is 21. The van der Waals surface area contributed by atoms with E-state index in [4.69, 9.17) is 29.9 Å². The zero-order valence-corrected chi connectivity index (χ0v) is 39.1. The molecule has 65 heavy (non-hydrogen) atoms. The first-order valence-corrected chi connectivity index (χ1v) is 29.2. The van der Waals surface area contributed by atoms with Crippen LogP contribution in [0.2, 0.25) is 0 Å². The molecular formula is C32H18Cl3N8NiO15S6. The SMILES string of the molecule is O=S(=O)([O-])S(=O)(=O)Cl.O=S(=O)([O-])S(=O)(=O)Cl.O=S(=O)([O-])S(=O)(=O)Cl.[Ni+3].c1ccc2c(c1)-c1nc-2nc2[nH]c(nc3nc(nc4[nH]c(n1)c1ccccc41)-c1ccccc1-3)c1ccccc21. The van der Waals surface area contributed by atoms with Crippen molar-refractivity contribution in [2.45, 2.75) is 0 Å². The Morgan fingerprint density at radius 3 is 0.677 bits per heavy atom. The fourth-order valence-corrected chi connectivity index (χ4v) is 5.59. The molecule has 3 aromatic heterocycles. The minimum atomic E-state index is -5.35. The Hall–Kier alpha value is -4.82. The van der Waals surface area contributed by atoms with Crippen molar-refractivity contribution in [3.8, 4) is 45.6 Å². The molecule has 0 fully saturated rings. The first-order chi connectivity index (χ1) is 29.5. The van der Waals surface area contributed by atoms with Gasteiger partial charge in [-0.15, -0.1) is 0 Å². The predicted octanol–water partition coefficient (Wildman–Crippen LogP) is 3.91. The third-order valence-corrected chi connectivity index (χ3v) is 18.2. The molecule has 343 valence electrons. The van der Waals surface area contributed by atoms with Gasteiger partial charge < -0.3 is 23.6 Å². The third-order valence-electron chi connectivity index (χ3n) is 8.19. The molecule has 5 heterocycles. The van der Waals surface area contributed by atoms with Crippen LogP contribution in [0.25, 0.3) is 89.7 Å². The molecule has 8 bridgehead atoms. The molecule has 9 rings (SSSR count). The molecule has 0 saturated heterocycles. The predicted molar refractivity (Wildman–Crippen MR) is 229 cm³/mol. The maximum Gasteiger partial charge on any atom is 3.00 e. The quantitative estimate of drug-likeness (QED) is 0.110. The van der Waals surface area contributed by atoms with Crippen LogP contribution in [-0.4, -0.2) is 104 Å². The van der Waals surface area contributed by atoms with E-state index in [0.717, 1.165) is 43.8 Å². The Labute approximate surface area is 388 Å². The molecule has 1 radical (unpaired) electrons. The number of fused-ring (bicyclic) bond motifs is 20. The number of hydrogen-bond donors (Lipinski definition) is 2. The van der Waals surface area contributed by atoms with Gasteiger partial charge in [0, 0.05) is 75.8 Å². The van der Waals surface area contributed by atoms with Crippen molar-refractivity contribution in [2.75, 3.05) is 0 Å². The summed E-state index contributed by atoms with van der Waals surface area (Å²) in [5.41, 5.74) is 6.45. The van der Waals surface area contributed by atoms with Crippen molar-refractivity contribution < 1.29 is 80.7 Å². The standard InChI is InChI=1S/C32H18N8.3ClHO5S2.Ni/c1-2-10-18-17(9-1)25-33-26(18)38-28-21-13-5-6-14-22(21)30(35-28)40-32-24-16-8-7-15-23(24)31(36-32)39-29-20-12-4-3-11-19(20)27(34-29)37-25;3*1-7(2,3)8(4,5)6;/h1-16H,(H2,33,34,35,36,37,38,39,40);3*(H,4,5,6);/q;;;;+3/p-3. The zero-order valence-electron chi connectivity index (χ0n) is 30.9. The van der Waals surface area contributed by atoms with Crippen LogP contribution in [0, 0.1) is 0 Å². The molecule has 2 N–H and O–H groups in total. The van der Waals surface area contributed by atoms with Crippen LogP contribution in [0.5, 0.6) is 0 Å². The van der Waals surface area contributed by atoms with E-state index in [1.807, 2.05) is 97.1 Å². The largest absolute Gasteiger partial charge is 3.00 e. The second-order valence-electron chi connectivity index (χ2n) is 12.2. The van der Waals surface area contributed by atoms with Crippen LogP contribution in [0.1, 0.15) is 0 Å². The average molecular weight is 1110 g/mol. The van der Waals surface area contributed by atoms with Crippen molar-refractivity contribution in [1.82, 2.24) is 39.9 Å². The van der Waals surface area contributed by atoms with E-state index < -0.39 is 51.7 Å². The van der Waals surface area contributed by atoms with Gasteiger partial charge in [-0.2, -0.15) is 25.3 Å². The molecule has 7 aromatic rings. The number of aromatic nitrogens is 8. The summed E-state index contributed by atoms with van der Waals surface area (Å²) in [5, 5.41) is 3.82. The van der Waals surface area contributed by atoms with Crippen molar-refractivity contribution in [2.24, 2.45) is 0 Å². The van der Waals surface area contributed by atoms with E-state index in [0.29, 0.717) is 45.9 Å². The van der Waals surface area contributed by atoms with Gasteiger partial charge in [-0.1, -0.05) is 97.1 Å². The monoisotopic (exact) mass is 1110 g/mol. The maximum atomic E-state index is 9.52. The summed E-state index contributed by atoms with van der Waals surface area (Å²) in [7, 11) is -18.7. The molecule has 2 aliphatic rings. The molecular weight excluding hydrogens is 1090 g/mol. The van der Waals surface area contributed by atoms with E-state index in [9.17, 15) is 64.2 Å². The average Bonchev–Trinajstić information content (AvgIpc) is 3.92. The number of nitrogens with zero attached hydrogens (tertiary/aromatic N) is 6. The Balaban J connectivity index is 0.000000263. The fraction of sp³-hybridized carbons (Fsp3) is 0. The van der Waals surface area contributed by atoms with Crippen molar-refractivity contribution in [3.05, 3.63) is 97.1 Å². The first kappa shape index (κ1) is 51.2. The number of nitrogens with one attached hydrogen (secondary N) is 2. The fourth-order valence-electron chi connectivity index (χ4n) is 5.59. The van der Waals surface area contributed by atoms with Crippen LogP contribution >= 0.6 is 32.0 Å². The first-order valence-electron chi connectivity index (χ1n) is 16.5. The van der Waals surface area contributed by atoms with Gasteiger partial charge in [-0.3, -0.25) is 0 Å². The summed E-state index contributed by atoms with van der Waals surface area (Å²) in [6, 6.07) is 32.2. The van der Waals surface area contributed by atoms with Crippen LogP contribution in [0.3, 0.4) is 0 Å². The van der Waals surface area contributed by atoms with E-state index in [1.165, 1.54) is 0 Å². The summed E-state index contributed by atoms with van der Waals surface area (Å²) >= 11 is 0. The smallest absolute Gasteiger partial charge is 0.735 e. The summed E-state index contributed by atoms with van der Waals surface area (Å²) in [4.78, 5) is 36.8. The number of halogens is 3. The van der Waals surface area contributed by atoms with Gasteiger partial charge in [0.05, 0.1) is 0 Å². The van der Waals surface area contributed by atoms with E-state index in [1.54, 1.807) is 0 Å². The Kier molecular flexibility index (Phi) is 14.8. The summed E-state index contributed by atoms with van der Waals surface area (Å²) in [6.07, 6.45) is 0. The summed E-state index contributed by atoms with van der Waals surface area (Å²) in [5.74, 6) is 2.39. The molecule has 33 heteroatoms. The Bertz CT molecular complexity index is 3390. The molecule has 0 atom stereocenters. The molecule has 4 aromatic carbocycles. The second kappa shape index (κ2) is 18.8. The van der Waals surface area contributed by atoms with E-state index in [2.05, 4.69) is 42.0 Å². The van der Waals surface area contributed by atoms with E-state index >= 15 is 0 Å². The molecule has 0 unspecified atom stereocenters. The van der Waals surface area contributed by atoms with Crippen molar-refractivity contribution in [3.63, 3.8) is 0 Å². The molecule has 0 aliphatic carbocycles. The van der Waals surface area contributed by atoms with Gasteiger partial charge in [-0.25, -0.2) is 55.2 Å². The number of benzene rings is 4. The molecule has 23 nitrogen and oxygen atoms in total. The Morgan fingerprint density at radius 2 is 0.508 bits per heavy atom. The number of aromatic amines is 2. The van der Waals surface area contributed by atoms with Gasteiger partial charge >= 0.3 is 40.7 Å². The third kappa shape index (κ3) is 11.4. The topological polar surface area (TPSA) is 383 Å². The van der Waals surface area contributed by atoms with Gasteiger partial charge in [-0.05, 0) is 0 Å². The molecule has 0 amide bonds. The van der Waals surface area contributed by atoms with Crippen LogP contribution in [0.4, 0.5) is 0 Å². The van der Waals surface area contributed by atoms with Crippen LogP contribution < -0.4 is 0 Å². The minimum Gasteiger partial charge on any atom is -0.735 e. The normalized spacial score (nSPS) is 12.5. The number of rotatable bonds is 3.